The van der Waals surface area contributed by atoms with E-state index in [0.717, 1.165) is 22.4 Å². The maximum atomic E-state index is 11.4. The van der Waals surface area contributed by atoms with Gasteiger partial charge in [-0.25, -0.2) is 14.6 Å². The van der Waals surface area contributed by atoms with Crippen molar-refractivity contribution in [2.75, 3.05) is 7.05 Å². The smallest absolute Gasteiger partial charge is 0.349 e. The highest BCUT2D eigenvalue weighted by Gasteiger charge is 2.08. The number of thiazole rings is 1. The molecule has 7 heteroatoms. The molecule has 0 saturated heterocycles. The second kappa shape index (κ2) is 6.07. The molecule has 0 aliphatic heterocycles. The minimum atomic E-state index is -0.691. The molecule has 98 valence electrons. The number of para-hydroxylation sites is 1. The van der Waals surface area contributed by atoms with Gasteiger partial charge in [-0.1, -0.05) is 23.5 Å². The van der Waals surface area contributed by atoms with E-state index in [-0.39, 0.29) is 5.19 Å². The first kappa shape index (κ1) is 13.2. The molecule has 0 atom stereocenters. The van der Waals surface area contributed by atoms with Crippen molar-refractivity contribution in [2.45, 2.75) is 0 Å². The molecule has 1 aromatic carbocycles. The van der Waals surface area contributed by atoms with E-state index in [0.29, 0.717) is 0 Å². The molecule has 1 aromatic heterocycles. The Morgan fingerprint density at radius 2 is 2.00 bits per heavy atom. The fourth-order valence-corrected chi connectivity index (χ4v) is 2.11. The Labute approximate surface area is 112 Å². The minimum absolute atomic E-state index is 0.234. The number of hydrogen-bond donors (Lipinski definition) is 1. The number of hydroxylamine groups is 1. The molecule has 19 heavy (non-hydrogen) atoms. The Hall–Kier alpha value is -2.25. The third kappa shape index (κ3) is 3.60. The summed E-state index contributed by atoms with van der Waals surface area (Å²) in [5.41, 5.74) is 2.95. The van der Waals surface area contributed by atoms with E-state index >= 15 is 0 Å². The third-order valence-electron chi connectivity index (χ3n) is 2.02. The molecule has 0 fully saturated rings. The average Bonchev–Trinajstić information content (AvgIpc) is 2.78. The van der Waals surface area contributed by atoms with Gasteiger partial charge in [0.2, 0.25) is 0 Å². The molecule has 2 aromatic rings. The molecule has 0 amide bonds. The van der Waals surface area contributed by atoms with Gasteiger partial charge in [-0.05, 0) is 12.1 Å². The van der Waals surface area contributed by atoms with Crippen LogP contribution in [0.15, 0.2) is 36.4 Å². The van der Waals surface area contributed by atoms with Crippen LogP contribution in [0.5, 0.6) is 5.19 Å². The van der Waals surface area contributed by atoms with Crippen LogP contribution in [0.2, 0.25) is 0 Å². The first-order chi connectivity index (χ1) is 9.19. The molecule has 1 N–H and O–H groups in total. The minimum Gasteiger partial charge on any atom is -0.395 e. The number of carbonyl (C=O) groups is 2. The van der Waals surface area contributed by atoms with Crippen LogP contribution in [-0.4, -0.2) is 24.0 Å². The number of ether oxygens (including phenoxy) is 1. The van der Waals surface area contributed by atoms with Crippen molar-refractivity contribution >= 4 is 33.5 Å². The number of hydrogen-bond acceptors (Lipinski definition) is 7. The van der Waals surface area contributed by atoms with E-state index in [1.54, 1.807) is 0 Å². The van der Waals surface area contributed by atoms with Crippen molar-refractivity contribution in [3.8, 4) is 5.19 Å². The average molecular weight is 278 g/mol. The highest BCUT2D eigenvalue weighted by Crippen LogP contribution is 2.27. The van der Waals surface area contributed by atoms with Crippen molar-refractivity contribution < 1.29 is 19.2 Å². The summed E-state index contributed by atoms with van der Waals surface area (Å²) in [4.78, 5) is 30.9. The summed E-state index contributed by atoms with van der Waals surface area (Å²) in [6.45, 7) is 0. The molecule has 0 radical (unpaired) electrons. The molecular weight excluding hydrogens is 268 g/mol. The first-order valence-electron chi connectivity index (χ1n) is 5.32. The number of benzene rings is 1. The van der Waals surface area contributed by atoms with Crippen molar-refractivity contribution in [3.05, 3.63) is 36.4 Å². The Balaban J connectivity index is 2.00. The molecule has 0 bridgehead atoms. The summed E-state index contributed by atoms with van der Waals surface area (Å²) in [7, 11) is 1.44. The lowest BCUT2D eigenvalue weighted by Crippen LogP contribution is -2.13. The van der Waals surface area contributed by atoms with E-state index in [1.807, 2.05) is 24.3 Å². The van der Waals surface area contributed by atoms with Crippen LogP contribution in [0.4, 0.5) is 0 Å². The Morgan fingerprint density at radius 1 is 1.26 bits per heavy atom. The fraction of sp³-hybridized carbons (Fsp3) is 0.0833. The number of esters is 1. The van der Waals surface area contributed by atoms with Crippen LogP contribution in [0, 0.1) is 0 Å². The van der Waals surface area contributed by atoms with E-state index < -0.39 is 11.9 Å². The summed E-state index contributed by atoms with van der Waals surface area (Å²) in [6, 6.07) is 7.43. The fourth-order valence-electron chi connectivity index (χ4n) is 1.29. The van der Waals surface area contributed by atoms with Gasteiger partial charge in [0.15, 0.2) is 0 Å². The number of nitrogens with one attached hydrogen (secondary N) is 1. The molecule has 6 nitrogen and oxygen atoms in total. The van der Waals surface area contributed by atoms with Gasteiger partial charge in [0.1, 0.15) is 0 Å². The predicted molar refractivity (Wildman–Crippen MR) is 69.5 cm³/mol. The van der Waals surface area contributed by atoms with Crippen LogP contribution < -0.4 is 10.2 Å². The van der Waals surface area contributed by atoms with Crippen LogP contribution >= 0.6 is 11.3 Å². The van der Waals surface area contributed by atoms with Crippen LogP contribution in [-0.2, 0) is 14.4 Å². The maximum Gasteiger partial charge on any atom is 0.349 e. The number of carbonyl (C=O) groups excluding carboxylic acids is 2. The van der Waals surface area contributed by atoms with Crippen molar-refractivity contribution in [1.82, 2.24) is 10.5 Å². The lowest BCUT2D eigenvalue weighted by atomic mass is 10.3. The SMILES string of the molecule is CNOC(=O)/C=C\C(=O)Oc1nc2ccccc2s1. The molecule has 2 rings (SSSR count). The summed E-state index contributed by atoms with van der Waals surface area (Å²) >= 11 is 1.25. The molecule has 0 aliphatic carbocycles. The third-order valence-corrected chi connectivity index (χ3v) is 2.93. The van der Waals surface area contributed by atoms with Crippen molar-refractivity contribution in [2.24, 2.45) is 0 Å². The van der Waals surface area contributed by atoms with Crippen molar-refractivity contribution in [3.63, 3.8) is 0 Å². The van der Waals surface area contributed by atoms with Gasteiger partial charge in [0.25, 0.3) is 5.19 Å². The second-order valence-corrected chi connectivity index (χ2v) is 4.32. The zero-order valence-electron chi connectivity index (χ0n) is 9.95. The van der Waals surface area contributed by atoms with Crippen LogP contribution in [0.3, 0.4) is 0 Å². The lowest BCUT2D eigenvalue weighted by molar-refractivity contribution is -0.144. The van der Waals surface area contributed by atoms with Gasteiger partial charge >= 0.3 is 11.9 Å². The maximum absolute atomic E-state index is 11.4. The molecule has 0 spiro atoms. The highest BCUT2D eigenvalue weighted by molar-refractivity contribution is 7.20. The number of fused-ring (bicyclic) bond motifs is 1. The Bertz CT molecular complexity index is 602. The van der Waals surface area contributed by atoms with Gasteiger partial charge in [0, 0.05) is 19.2 Å². The van der Waals surface area contributed by atoms with Crippen molar-refractivity contribution in [1.29, 1.82) is 0 Å². The van der Waals surface area contributed by atoms with Gasteiger partial charge in [0.05, 0.1) is 10.2 Å². The summed E-state index contributed by atoms with van der Waals surface area (Å²) in [5, 5.41) is 0.234. The van der Waals surface area contributed by atoms with Gasteiger partial charge in [-0.3, -0.25) is 0 Å². The monoisotopic (exact) mass is 278 g/mol. The molecule has 0 aliphatic rings. The van der Waals surface area contributed by atoms with Crippen LogP contribution in [0.25, 0.3) is 10.2 Å². The van der Waals surface area contributed by atoms with E-state index in [1.165, 1.54) is 18.4 Å². The lowest BCUT2D eigenvalue weighted by Gasteiger charge is -1.95. The zero-order valence-corrected chi connectivity index (χ0v) is 10.8. The first-order valence-corrected chi connectivity index (χ1v) is 6.13. The largest absolute Gasteiger partial charge is 0.395 e. The van der Waals surface area contributed by atoms with Gasteiger partial charge < -0.3 is 9.57 Å². The second-order valence-electron chi connectivity index (χ2n) is 3.33. The summed E-state index contributed by atoms with van der Waals surface area (Å²) in [6.07, 6.45) is 1.94. The molecular formula is C12H10N2O4S. The van der Waals surface area contributed by atoms with Crippen LogP contribution in [0.1, 0.15) is 0 Å². The van der Waals surface area contributed by atoms with E-state index in [9.17, 15) is 9.59 Å². The quantitative estimate of drug-likeness (QED) is 0.518. The normalized spacial score (nSPS) is 10.8. The highest BCUT2D eigenvalue weighted by atomic mass is 32.1. The Kier molecular flexibility index (Phi) is 4.22. The zero-order chi connectivity index (χ0) is 13.7. The molecule has 1 heterocycles. The summed E-state index contributed by atoms with van der Waals surface area (Å²) < 4.78 is 5.90. The van der Waals surface area contributed by atoms with E-state index in [2.05, 4.69) is 15.3 Å². The van der Waals surface area contributed by atoms with Gasteiger partial charge in [-0.2, -0.15) is 5.48 Å². The number of rotatable bonds is 4. The van der Waals surface area contributed by atoms with Gasteiger partial charge in [-0.15, -0.1) is 0 Å². The topological polar surface area (TPSA) is 77.5 Å². The molecule has 0 saturated carbocycles. The number of nitrogens with zero attached hydrogens (tertiary/aromatic N) is 1. The Morgan fingerprint density at radius 3 is 2.74 bits per heavy atom. The predicted octanol–water partition coefficient (Wildman–Crippen LogP) is 1.44. The number of aromatic nitrogens is 1. The van der Waals surface area contributed by atoms with E-state index in [4.69, 9.17) is 4.74 Å². The molecule has 0 unspecified atom stereocenters. The summed E-state index contributed by atoms with van der Waals surface area (Å²) in [5.74, 6) is -1.38. The standard InChI is InChI=1S/C12H10N2O4S/c1-13-18-11(16)7-6-10(15)17-12-14-8-4-2-3-5-9(8)19-12/h2-7,13H,1H3/b7-6-.